The van der Waals surface area contributed by atoms with Crippen molar-refractivity contribution in [3.8, 4) is 0 Å². The average Bonchev–Trinajstić information content (AvgIpc) is 2.76. The predicted octanol–water partition coefficient (Wildman–Crippen LogP) is 5.41. The van der Waals surface area contributed by atoms with Gasteiger partial charge in [-0.2, -0.15) is 0 Å². The van der Waals surface area contributed by atoms with Crippen LogP contribution in [0.2, 0.25) is 0 Å². The molecule has 2 aromatic rings. The maximum Gasteiger partial charge on any atom is 0.222 e. The van der Waals surface area contributed by atoms with Gasteiger partial charge in [0.1, 0.15) is 0 Å². The van der Waals surface area contributed by atoms with Crippen molar-refractivity contribution in [2.45, 2.75) is 64.0 Å². The van der Waals surface area contributed by atoms with E-state index in [1.165, 1.54) is 16.8 Å². The first-order chi connectivity index (χ1) is 14.7. The van der Waals surface area contributed by atoms with Crippen LogP contribution in [-0.2, 0) is 21.5 Å². The van der Waals surface area contributed by atoms with E-state index < -0.39 is 0 Å². The van der Waals surface area contributed by atoms with E-state index in [1.54, 1.807) is 0 Å². The van der Waals surface area contributed by atoms with Crippen LogP contribution in [0, 0.1) is 0 Å². The van der Waals surface area contributed by atoms with E-state index in [1.807, 2.05) is 30.0 Å². The van der Waals surface area contributed by atoms with E-state index in [9.17, 15) is 4.79 Å². The van der Waals surface area contributed by atoms with E-state index in [4.69, 9.17) is 4.74 Å². The summed E-state index contributed by atoms with van der Waals surface area (Å²) in [6.45, 7) is 8.51. The maximum atomic E-state index is 12.8. The zero-order chi connectivity index (χ0) is 22.5. The van der Waals surface area contributed by atoms with E-state index in [2.05, 4.69) is 69.2 Å². The lowest BCUT2D eigenvalue weighted by atomic mass is 9.67. The van der Waals surface area contributed by atoms with Crippen LogP contribution in [-0.4, -0.2) is 43.7 Å². The minimum Gasteiger partial charge on any atom is -0.378 e. The SMILES string of the molecule is CCC(=O)N(CCC1(c2ccc(N(C)C)cc2)CCOC(C)(C)C1)Cc1ccccc1. The van der Waals surface area contributed by atoms with Crippen molar-refractivity contribution in [2.24, 2.45) is 0 Å². The first kappa shape index (κ1) is 23.3. The van der Waals surface area contributed by atoms with Crippen LogP contribution in [0.25, 0.3) is 0 Å². The maximum absolute atomic E-state index is 12.8. The highest BCUT2D eigenvalue weighted by Gasteiger charge is 2.42. The van der Waals surface area contributed by atoms with Gasteiger partial charge in [-0.25, -0.2) is 0 Å². The Bertz CT molecular complexity index is 845. The normalized spacial score (nSPS) is 20.3. The van der Waals surface area contributed by atoms with Crippen molar-refractivity contribution in [2.75, 3.05) is 32.1 Å². The van der Waals surface area contributed by atoms with Gasteiger partial charge in [-0.15, -0.1) is 0 Å². The Hall–Kier alpha value is -2.33. The highest BCUT2D eigenvalue weighted by atomic mass is 16.5. The summed E-state index contributed by atoms with van der Waals surface area (Å²) in [5, 5.41) is 0. The summed E-state index contributed by atoms with van der Waals surface area (Å²) in [5.74, 6) is 0.216. The zero-order valence-electron chi connectivity index (χ0n) is 19.9. The fraction of sp³-hybridized carbons (Fsp3) is 0.519. The standard InChI is InChI=1S/C27H38N2O2/c1-6-25(30)29(20-22-10-8-7-9-11-22)18-16-27(17-19-31-26(2,3)21-27)23-12-14-24(15-13-23)28(4)5/h7-15H,6,16-21H2,1-5H3. The van der Waals surface area contributed by atoms with Crippen LogP contribution in [0.5, 0.6) is 0 Å². The topological polar surface area (TPSA) is 32.8 Å². The first-order valence-corrected chi connectivity index (χ1v) is 11.5. The molecule has 4 heteroatoms. The van der Waals surface area contributed by atoms with Crippen LogP contribution in [0.4, 0.5) is 5.69 Å². The van der Waals surface area contributed by atoms with Crippen molar-refractivity contribution in [3.63, 3.8) is 0 Å². The summed E-state index contributed by atoms with van der Waals surface area (Å²) in [6.07, 6.45) is 3.42. The fourth-order valence-electron chi connectivity index (χ4n) is 4.86. The summed E-state index contributed by atoms with van der Waals surface area (Å²) in [7, 11) is 4.14. The summed E-state index contributed by atoms with van der Waals surface area (Å²) < 4.78 is 6.09. The van der Waals surface area contributed by atoms with Crippen molar-refractivity contribution >= 4 is 11.6 Å². The van der Waals surface area contributed by atoms with Gasteiger partial charge >= 0.3 is 0 Å². The number of rotatable bonds is 8. The molecular weight excluding hydrogens is 384 g/mol. The van der Waals surface area contributed by atoms with Crippen LogP contribution in [0.15, 0.2) is 54.6 Å². The number of amides is 1. The molecule has 0 aromatic heterocycles. The van der Waals surface area contributed by atoms with Gasteiger partial charge < -0.3 is 14.5 Å². The Morgan fingerprint density at radius 2 is 1.71 bits per heavy atom. The highest BCUT2D eigenvalue weighted by Crippen LogP contribution is 2.44. The smallest absolute Gasteiger partial charge is 0.222 e. The van der Waals surface area contributed by atoms with Crippen molar-refractivity contribution in [1.29, 1.82) is 0 Å². The highest BCUT2D eigenvalue weighted by molar-refractivity contribution is 5.75. The number of hydrogen-bond acceptors (Lipinski definition) is 3. The summed E-state index contributed by atoms with van der Waals surface area (Å²) >= 11 is 0. The number of benzene rings is 2. The molecular formula is C27H38N2O2. The minimum absolute atomic E-state index is 0.00948. The van der Waals surface area contributed by atoms with Crippen LogP contribution >= 0.6 is 0 Å². The van der Waals surface area contributed by atoms with E-state index in [0.717, 1.165) is 32.4 Å². The molecule has 0 saturated carbocycles. The number of ether oxygens (including phenoxy) is 1. The predicted molar refractivity (Wildman–Crippen MR) is 128 cm³/mol. The molecule has 1 aliphatic rings. The number of carbonyl (C=O) groups is 1. The molecule has 31 heavy (non-hydrogen) atoms. The molecule has 1 heterocycles. The third-order valence-corrected chi connectivity index (χ3v) is 6.57. The van der Waals surface area contributed by atoms with E-state index in [-0.39, 0.29) is 16.9 Å². The van der Waals surface area contributed by atoms with Gasteiger partial charge in [0.15, 0.2) is 0 Å². The average molecular weight is 423 g/mol. The number of nitrogens with zero attached hydrogens (tertiary/aromatic N) is 2. The number of anilines is 1. The van der Waals surface area contributed by atoms with Crippen LogP contribution in [0.1, 0.15) is 57.6 Å². The summed E-state index contributed by atoms with van der Waals surface area (Å²) in [6, 6.07) is 19.3. The molecule has 1 atom stereocenters. The molecule has 1 unspecified atom stereocenters. The Labute approximate surface area is 188 Å². The number of carbonyl (C=O) groups excluding carboxylic acids is 1. The lowest BCUT2D eigenvalue weighted by molar-refractivity contribution is -0.132. The molecule has 0 aliphatic carbocycles. The Kier molecular flexibility index (Phi) is 7.42. The van der Waals surface area contributed by atoms with E-state index >= 15 is 0 Å². The Morgan fingerprint density at radius 1 is 1.03 bits per heavy atom. The lowest BCUT2D eigenvalue weighted by Gasteiger charge is -2.46. The second kappa shape index (κ2) is 9.86. The van der Waals surface area contributed by atoms with E-state index in [0.29, 0.717) is 13.0 Å². The molecule has 4 nitrogen and oxygen atoms in total. The summed E-state index contributed by atoms with van der Waals surface area (Å²) in [4.78, 5) is 16.9. The molecule has 0 N–H and O–H groups in total. The Balaban J connectivity index is 1.85. The third kappa shape index (κ3) is 5.88. The van der Waals surface area contributed by atoms with Gasteiger partial charge in [0.2, 0.25) is 5.91 Å². The van der Waals surface area contributed by atoms with Gasteiger partial charge in [0.25, 0.3) is 0 Å². The van der Waals surface area contributed by atoms with Gasteiger partial charge in [0, 0.05) is 51.3 Å². The molecule has 0 radical (unpaired) electrons. The molecule has 2 aromatic carbocycles. The van der Waals surface area contributed by atoms with Crippen molar-refractivity contribution in [1.82, 2.24) is 4.90 Å². The quantitative estimate of drug-likeness (QED) is 0.570. The molecule has 1 fully saturated rings. The molecule has 0 spiro atoms. The molecule has 1 saturated heterocycles. The van der Waals surface area contributed by atoms with Crippen molar-refractivity contribution in [3.05, 3.63) is 65.7 Å². The minimum atomic E-state index is -0.169. The number of hydrogen-bond donors (Lipinski definition) is 0. The molecule has 1 amide bonds. The van der Waals surface area contributed by atoms with Crippen LogP contribution < -0.4 is 4.90 Å². The van der Waals surface area contributed by atoms with Crippen molar-refractivity contribution < 1.29 is 9.53 Å². The zero-order valence-corrected chi connectivity index (χ0v) is 19.9. The van der Waals surface area contributed by atoms with Gasteiger partial charge in [-0.1, -0.05) is 49.4 Å². The second-order valence-electron chi connectivity index (χ2n) is 9.66. The van der Waals surface area contributed by atoms with Gasteiger partial charge in [-0.05, 0) is 56.4 Å². The molecule has 168 valence electrons. The molecule has 3 rings (SSSR count). The van der Waals surface area contributed by atoms with Gasteiger partial charge in [-0.3, -0.25) is 4.79 Å². The molecule has 0 bridgehead atoms. The first-order valence-electron chi connectivity index (χ1n) is 11.5. The summed E-state index contributed by atoms with van der Waals surface area (Å²) in [5.41, 5.74) is 3.59. The Morgan fingerprint density at radius 3 is 2.29 bits per heavy atom. The second-order valence-corrected chi connectivity index (χ2v) is 9.66. The van der Waals surface area contributed by atoms with Crippen LogP contribution in [0.3, 0.4) is 0 Å². The fourth-order valence-corrected chi connectivity index (χ4v) is 4.86. The largest absolute Gasteiger partial charge is 0.378 e. The molecule has 1 aliphatic heterocycles. The van der Waals surface area contributed by atoms with Gasteiger partial charge in [0.05, 0.1) is 5.60 Å². The monoisotopic (exact) mass is 422 g/mol. The lowest BCUT2D eigenvalue weighted by Crippen LogP contribution is -2.46. The third-order valence-electron chi connectivity index (χ3n) is 6.57.